The molecule has 0 atom stereocenters. The van der Waals surface area contributed by atoms with Crippen LogP contribution >= 0.6 is 24.0 Å². The topological polar surface area (TPSA) is 74.3 Å². The first-order valence-electron chi connectivity index (χ1n) is 14.9. The molecule has 0 unspecified atom stereocenters. The van der Waals surface area contributed by atoms with Crippen LogP contribution in [-0.2, 0) is 18.4 Å². The number of benzene rings is 4. The van der Waals surface area contributed by atoms with Crippen molar-refractivity contribution >= 4 is 46.0 Å². The number of hydrogen-bond acceptors (Lipinski definition) is 6. The number of para-hydroxylation sites is 2. The molecule has 0 spiro atoms. The number of carbonyl (C=O) groups is 1. The second kappa shape index (κ2) is 12.7. The van der Waals surface area contributed by atoms with Crippen molar-refractivity contribution < 1.29 is 9.53 Å². The highest BCUT2D eigenvalue weighted by molar-refractivity contribution is 8.27. The highest BCUT2D eigenvalue weighted by Crippen LogP contribution is 2.38. The number of anilines is 1. The number of nitrogens with zero attached hydrogens (tertiary/aromatic N) is 5. The fraction of sp³-hybridized carbons (Fsp3) is 0.0811. The summed E-state index contributed by atoms with van der Waals surface area (Å²) in [6.07, 6.45) is 3.69. The minimum absolute atomic E-state index is 0.241. The molecule has 1 aliphatic rings. The van der Waals surface area contributed by atoms with Crippen molar-refractivity contribution in [1.29, 1.82) is 0 Å². The van der Waals surface area contributed by atoms with Gasteiger partial charge in [-0.15, -0.1) is 0 Å². The summed E-state index contributed by atoms with van der Waals surface area (Å²) in [6, 6.07) is 36.8. The molecule has 1 fully saturated rings. The standard InChI is InChI=1S/C37H29N5O3S2/c1-25-34(36(44)42(39(25)2)30-18-10-5-11-19-30)41-35(43)32(47-37(41)46)22-28-23-40(29-16-8-4-9-17-29)38-33(28)27-15-12-20-31(21-27)45-24-26-13-6-3-7-14-26/h3-23H,24H2,1-2H3/b32-22-. The van der Waals surface area contributed by atoms with Gasteiger partial charge >= 0.3 is 0 Å². The van der Waals surface area contributed by atoms with Crippen LogP contribution in [-0.4, -0.2) is 29.4 Å². The number of aromatic nitrogens is 4. The van der Waals surface area contributed by atoms with Crippen LogP contribution in [0.15, 0.2) is 131 Å². The molecule has 0 N–H and O–H groups in total. The third-order valence-corrected chi connectivity index (χ3v) is 9.25. The van der Waals surface area contributed by atoms with Crippen LogP contribution in [0, 0.1) is 6.92 Å². The molecular formula is C37H29N5O3S2. The van der Waals surface area contributed by atoms with E-state index in [1.165, 1.54) is 16.7 Å². The molecule has 6 aromatic rings. The zero-order valence-electron chi connectivity index (χ0n) is 25.6. The van der Waals surface area contributed by atoms with Crippen LogP contribution in [0.3, 0.4) is 0 Å². The normalized spacial score (nSPS) is 13.9. The number of ether oxygens (including phenoxy) is 1. The van der Waals surface area contributed by atoms with E-state index in [0.29, 0.717) is 38.7 Å². The molecule has 232 valence electrons. The Hall–Kier alpha value is -5.45. The van der Waals surface area contributed by atoms with Gasteiger partial charge in [0.1, 0.15) is 23.7 Å². The van der Waals surface area contributed by atoms with Crippen molar-refractivity contribution in [3.8, 4) is 28.4 Å². The maximum Gasteiger partial charge on any atom is 0.296 e. The second-order valence-electron chi connectivity index (χ2n) is 10.9. The maximum absolute atomic E-state index is 14.0. The largest absolute Gasteiger partial charge is 0.489 e. The molecular weight excluding hydrogens is 627 g/mol. The molecule has 3 heterocycles. The van der Waals surface area contributed by atoms with E-state index in [2.05, 4.69) is 0 Å². The summed E-state index contributed by atoms with van der Waals surface area (Å²) in [7, 11) is 1.79. The summed E-state index contributed by atoms with van der Waals surface area (Å²) >= 11 is 6.88. The van der Waals surface area contributed by atoms with Gasteiger partial charge in [0.15, 0.2) is 4.32 Å². The predicted molar refractivity (Wildman–Crippen MR) is 191 cm³/mol. The lowest BCUT2D eigenvalue weighted by Crippen LogP contribution is -2.33. The van der Waals surface area contributed by atoms with E-state index >= 15 is 0 Å². The van der Waals surface area contributed by atoms with E-state index < -0.39 is 0 Å². The highest BCUT2D eigenvalue weighted by atomic mass is 32.2. The van der Waals surface area contributed by atoms with Gasteiger partial charge < -0.3 is 4.74 Å². The number of rotatable bonds is 8. The summed E-state index contributed by atoms with van der Waals surface area (Å²) in [5.41, 5.74) is 5.41. The Labute approximate surface area is 281 Å². The van der Waals surface area contributed by atoms with Gasteiger partial charge in [-0.25, -0.2) is 9.36 Å². The number of amides is 1. The van der Waals surface area contributed by atoms with E-state index in [0.717, 1.165) is 22.4 Å². The van der Waals surface area contributed by atoms with E-state index in [1.54, 1.807) is 27.2 Å². The molecule has 47 heavy (non-hydrogen) atoms. The fourth-order valence-corrected chi connectivity index (χ4v) is 6.78. The Balaban J connectivity index is 1.26. The van der Waals surface area contributed by atoms with Crippen LogP contribution < -0.4 is 15.2 Å². The number of thiocarbonyl (C=S) groups is 1. The minimum Gasteiger partial charge on any atom is -0.489 e. The fourth-order valence-electron chi connectivity index (χ4n) is 5.52. The van der Waals surface area contributed by atoms with Gasteiger partial charge in [0.2, 0.25) is 0 Å². The van der Waals surface area contributed by atoms with Gasteiger partial charge in [0, 0.05) is 24.4 Å². The van der Waals surface area contributed by atoms with Crippen molar-refractivity contribution in [3.63, 3.8) is 0 Å². The van der Waals surface area contributed by atoms with Gasteiger partial charge in [0.25, 0.3) is 11.5 Å². The van der Waals surface area contributed by atoms with Crippen LogP contribution in [0.1, 0.15) is 16.8 Å². The highest BCUT2D eigenvalue weighted by Gasteiger charge is 2.38. The monoisotopic (exact) mass is 655 g/mol. The van der Waals surface area contributed by atoms with Gasteiger partial charge in [-0.2, -0.15) is 5.10 Å². The molecule has 0 radical (unpaired) electrons. The molecule has 0 saturated carbocycles. The summed E-state index contributed by atoms with van der Waals surface area (Å²) in [5, 5.41) is 4.94. The van der Waals surface area contributed by atoms with E-state index in [4.69, 9.17) is 22.1 Å². The number of thioether (sulfide) groups is 1. The zero-order chi connectivity index (χ0) is 32.5. The third kappa shape index (κ3) is 5.84. The number of carbonyl (C=O) groups excluding carboxylic acids is 1. The van der Waals surface area contributed by atoms with Crippen molar-refractivity contribution in [1.82, 2.24) is 19.1 Å². The zero-order valence-corrected chi connectivity index (χ0v) is 27.2. The lowest BCUT2D eigenvalue weighted by molar-refractivity contribution is -0.113. The number of hydrogen-bond donors (Lipinski definition) is 0. The first kappa shape index (κ1) is 30.2. The van der Waals surface area contributed by atoms with Crippen LogP contribution in [0.2, 0.25) is 0 Å². The van der Waals surface area contributed by atoms with E-state index in [-0.39, 0.29) is 17.2 Å². The van der Waals surface area contributed by atoms with Crippen LogP contribution in [0.5, 0.6) is 5.75 Å². The molecule has 7 rings (SSSR count). The Morgan fingerprint density at radius 2 is 1.51 bits per heavy atom. The summed E-state index contributed by atoms with van der Waals surface area (Å²) < 4.78 is 11.5. The van der Waals surface area contributed by atoms with Crippen molar-refractivity contribution in [2.45, 2.75) is 13.5 Å². The quantitative estimate of drug-likeness (QED) is 0.126. The maximum atomic E-state index is 14.0. The van der Waals surface area contributed by atoms with E-state index in [9.17, 15) is 9.59 Å². The average molecular weight is 656 g/mol. The molecule has 0 bridgehead atoms. The summed E-state index contributed by atoms with van der Waals surface area (Å²) in [4.78, 5) is 29.5. The Morgan fingerprint density at radius 3 is 2.21 bits per heavy atom. The molecule has 1 aliphatic heterocycles. The summed E-state index contributed by atoms with van der Waals surface area (Å²) in [5.74, 6) is 0.344. The Bertz CT molecular complexity index is 2200. The molecule has 8 nitrogen and oxygen atoms in total. The molecule has 1 amide bonds. The van der Waals surface area contributed by atoms with Crippen LogP contribution in [0.25, 0.3) is 28.7 Å². The average Bonchev–Trinajstić information content (AvgIpc) is 3.72. The predicted octanol–water partition coefficient (Wildman–Crippen LogP) is 7.32. The molecule has 1 saturated heterocycles. The molecule has 10 heteroatoms. The Morgan fingerprint density at radius 1 is 0.851 bits per heavy atom. The second-order valence-corrected chi connectivity index (χ2v) is 12.6. The molecule has 0 aliphatic carbocycles. The summed E-state index contributed by atoms with van der Waals surface area (Å²) in [6.45, 7) is 2.25. The molecule has 4 aromatic carbocycles. The Kier molecular flexibility index (Phi) is 8.19. The van der Waals surface area contributed by atoms with Crippen molar-refractivity contribution in [2.24, 2.45) is 7.05 Å². The van der Waals surface area contributed by atoms with Gasteiger partial charge in [0.05, 0.1) is 22.0 Å². The van der Waals surface area contributed by atoms with Crippen molar-refractivity contribution in [2.75, 3.05) is 4.90 Å². The van der Waals surface area contributed by atoms with Gasteiger partial charge in [-0.1, -0.05) is 103 Å². The minimum atomic E-state index is -0.357. The third-order valence-electron chi connectivity index (χ3n) is 7.95. The SMILES string of the molecule is Cc1c(N2C(=O)/C(=C/c3cn(-c4ccccc4)nc3-c3cccc(OCc4ccccc4)c3)SC2=S)c(=O)n(-c2ccccc2)n1C. The lowest BCUT2D eigenvalue weighted by Gasteiger charge is -2.12. The lowest BCUT2D eigenvalue weighted by atomic mass is 10.1. The first-order valence-corrected chi connectivity index (χ1v) is 16.2. The van der Waals surface area contributed by atoms with Gasteiger partial charge in [-0.3, -0.25) is 19.2 Å². The van der Waals surface area contributed by atoms with Gasteiger partial charge in [-0.05, 0) is 55.0 Å². The van der Waals surface area contributed by atoms with Crippen LogP contribution in [0.4, 0.5) is 5.69 Å². The van der Waals surface area contributed by atoms with E-state index in [1.807, 2.05) is 128 Å². The smallest absolute Gasteiger partial charge is 0.296 e. The first-order chi connectivity index (χ1) is 22.9. The molecule has 2 aromatic heterocycles. The van der Waals surface area contributed by atoms with Crippen molar-refractivity contribution in [3.05, 3.63) is 154 Å².